The number of anilines is 1. The summed E-state index contributed by atoms with van der Waals surface area (Å²) in [4.78, 5) is 37.8. The first-order valence-electron chi connectivity index (χ1n) is 9.23. The lowest BCUT2D eigenvalue weighted by Gasteiger charge is -2.29. The number of carbonyl (C=O) groups is 3. The van der Waals surface area contributed by atoms with E-state index in [4.69, 9.17) is 17.0 Å². The van der Waals surface area contributed by atoms with Gasteiger partial charge in [-0.05, 0) is 60.1 Å². The molecule has 0 unspecified atom stereocenters. The van der Waals surface area contributed by atoms with E-state index in [-0.39, 0.29) is 17.3 Å². The van der Waals surface area contributed by atoms with Crippen LogP contribution in [-0.2, 0) is 25.5 Å². The summed E-state index contributed by atoms with van der Waals surface area (Å²) >= 11 is 5.21. The molecule has 3 rings (SSSR count). The van der Waals surface area contributed by atoms with Crippen LogP contribution in [0.2, 0.25) is 0 Å². The molecule has 1 fully saturated rings. The first kappa shape index (κ1) is 21.2. The molecule has 1 saturated heterocycles. The zero-order chi connectivity index (χ0) is 21.7. The van der Waals surface area contributed by atoms with Gasteiger partial charge in [-0.15, -0.1) is 0 Å². The molecule has 154 valence electrons. The van der Waals surface area contributed by atoms with Gasteiger partial charge in [0.25, 0.3) is 11.8 Å². The normalized spacial score (nSPS) is 15.2. The number of methoxy groups -OCH3 is 1. The quantitative estimate of drug-likeness (QED) is 0.332. The Hall–Kier alpha value is -3.52. The van der Waals surface area contributed by atoms with E-state index >= 15 is 0 Å². The van der Waals surface area contributed by atoms with Gasteiger partial charge < -0.3 is 9.47 Å². The summed E-state index contributed by atoms with van der Waals surface area (Å²) in [5.74, 6) is -1.09. The fourth-order valence-electron chi connectivity index (χ4n) is 2.80. The topological polar surface area (TPSA) is 84.9 Å². The Kier molecular flexibility index (Phi) is 6.58. The number of hydrogen-bond donors (Lipinski definition) is 1. The van der Waals surface area contributed by atoms with Crippen molar-refractivity contribution in [2.75, 3.05) is 18.6 Å². The first-order chi connectivity index (χ1) is 14.4. The fourth-order valence-corrected chi connectivity index (χ4v) is 3.08. The Morgan fingerprint density at radius 2 is 1.77 bits per heavy atom. The Labute approximate surface area is 179 Å². The Balaban J connectivity index is 1.82. The summed E-state index contributed by atoms with van der Waals surface area (Å²) in [6.45, 7) is 1.83. The van der Waals surface area contributed by atoms with Crippen LogP contribution >= 0.6 is 12.2 Å². The van der Waals surface area contributed by atoms with Gasteiger partial charge in [-0.2, -0.15) is 0 Å². The Morgan fingerprint density at radius 1 is 1.10 bits per heavy atom. The summed E-state index contributed by atoms with van der Waals surface area (Å²) in [5.41, 5.74) is 2.29. The molecule has 1 heterocycles. The average molecular weight is 424 g/mol. The molecule has 0 bridgehead atoms. The highest BCUT2D eigenvalue weighted by Gasteiger charge is 2.34. The maximum Gasteiger partial charge on any atom is 0.343 e. The second-order valence-electron chi connectivity index (χ2n) is 6.41. The minimum atomic E-state index is -0.558. The van der Waals surface area contributed by atoms with E-state index in [9.17, 15) is 14.4 Å². The third kappa shape index (κ3) is 4.72. The number of amides is 2. The molecule has 0 spiro atoms. The van der Waals surface area contributed by atoms with Gasteiger partial charge in [0.1, 0.15) is 11.3 Å². The number of esters is 1. The molecule has 30 heavy (non-hydrogen) atoms. The smallest absolute Gasteiger partial charge is 0.343 e. The monoisotopic (exact) mass is 424 g/mol. The third-order valence-corrected chi connectivity index (χ3v) is 4.76. The molecule has 2 amide bonds. The SMILES string of the molecule is CCc1ccc(N2C(=O)C(=Cc3ccc(OCC(=O)OC)cc3)C(=O)NC2=S)cc1. The van der Waals surface area contributed by atoms with Crippen LogP contribution < -0.4 is 15.0 Å². The van der Waals surface area contributed by atoms with Crippen molar-refractivity contribution in [1.82, 2.24) is 5.32 Å². The largest absolute Gasteiger partial charge is 0.482 e. The van der Waals surface area contributed by atoms with E-state index in [1.54, 1.807) is 36.4 Å². The molecular formula is C22H20N2O5S. The molecule has 0 aliphatic carbocycles. The molecule has 2 aromatic carbocycles. The molecular weight excluding hydrogens is 404 g/mol. The second-order valence-corrected chi connectivity index (χ2v) is 6.80. The van der Waals surface area contributed by atoms with Crippen LogP contribution in [0, 0.1) is 0 Å². The predicted octanol–water partition coefficient (Wildman–Crippen LogP) is 2.63. The van der Waals surface area contributed by atoms with Gasteiger partial charge >= 0.3 is 5.97 Å². The van der Waals surface area contributed by atoms with Crippen molar-refractivity contribution in [3.8, 4) is 5.75 Å². The number of benzene rings is 2. The van der Waals surface area contributed by atoms with Gasteiger partial charge in [-0.25, -0.2) is 4.79 Å². The number of rotatable bonds is 6. The van der Waals surface area contributed by atoms with E-state index < -0.39 is 17.8 Å². The van der Waals surface area contributed by atoms with Crippen molar-refractivity contribution < 1.29 is 23.9 Å². The lowest BCUT2D eigenvalue weighted by atomic mass is 10.1. The number of aryl methyl sites for hydroxylation is 1. The molecule has 0 radical (unpaired) electrons. The summed E-state index contributed by atoms with van der Waals surface area (Å²) in [7, 11) is 1.28. The zero-order valence-corrected chi connectivity index (χ0v) is 17.3. The highest BCUT2D eigenvalue weighted by Crippen LogP contribution is 2.23. The summed E-state index contributed by atoms with van der Waals surface area (Å²) in [6, 6.07) is 14.0. The number of carbonyl (C=O) groups excluding carboxylic acids is 3. The highest BCUT2D eigenvalue weighted by molar-refractivity contribution is 7.80. The van der Waals surface area contributed by atoms with Crippen molar-refractivity contribution in [3.05, 3.63) is 65.2 Å². The molecule has 2 aromatic rings. The van der Waals surface area contributed by atoms with Crippen LogP contribution in [-0.4, -0.2) is 36.6 Å². The van der Waals surface area contributed by atoms with Gasteiger partial charge in [0, 0.05) is 0 Å². The molecule has 1 aliphatic heterocycles. The predicted molar refractivity (Wildman–Crippen MR) is 116 cm³/mol. The van der Waals surface area contributed by atoms with Gasteiger partial charge in [0.2, 0.25) is 0 Å². The zero-order valence-electron chi connectivity index (χ0n) is 16.5. The summed E-state index contributed by atoms with van der Waals surface area (Å²) in [5, 5.41) is 2.60. The third-order valence-electron chi connectivity index (χ3n) is 4.48. The first-order valence-corrected chi connectivity index (χ1v) is 9.64. The van der Waals surface area contributed by atoms with Crippen LogP contribution in [0.15, 0.2) is 54.1 Å². The summed E-state index contributed by atoms with van der Waals surface area (Å²) in [6.07, 6.45) is 2.36. The van der Waals surface area contributed by atoms with Gasteiger partial charge in [0.05, 0.1) is 12.8 Å². The van der Waals surface area contributed by atoms with E-state index in [1.807, 2.05) is 19.1 Å². The van der Waals surface area contributed by atoms with E-state index in [2.05, 4.69) is 10.1 Å². The molecule has 1 N–H and O–H groups in total. The Morgan fingerprint density at radius 3 is 2.37 bits per heavy atom. The van der Waals surface area contributed by atoms with Crippen molar-refractivity contribution >= 4 is 46.9 Å². The van der Waals surface area contributed by atoms with Crippen molar-refractivity contribution in [1.29, 1.82) is 0 Å². The Bertz CT molecular complexity index is 1010. The fraction of sp³-hybridized carbons (Fsp3) is 0.182. The maximum atomic E-state index is 13.0. The van der Waals surface area contributed by atoms with Crippen LogP contribution in [0.1, 0.15) is 18.1 Å². The van der Waals surface area contributed by atoms with E-state index in [1.165, 1.54) is 18.1 Å². The van der Waals surface area contributed by atoms with Crippen LogP contribution in [0.3, 0.4) is 0 Å². The molecule has 7 nitrogen and oxygen atoms in total. The molecule has 0 aromatic heterocycles. The van der Waals surface area contributed by atoms with Crippen molar-refractivity contribution in [2.45, 2.75) is 13.3 Å². The number of nitrogens with zero attached hydrogens (tertiary/aromatic N) is 1. The van der Waals surface area contributed by atoms with E-state index in [0.29, 0.717) is 17.0 Å². The highest BCUT2D eigenvalue weighted by atomic mass is 32.1. The van der Waals surface area contributed by atoms with Gasteiger partial charge in [-0.3, -0.25) is 19.8 Å². The summed E-state index contributed by atoms with van der Waals surface area (Å²) < 4.78 is 9.80. The standard InChI is InChI=1S/C22H20N2O5S/c1-3-14-4-8-16(9-5-14)24-21(27)18(20(26)23-22(24)30)12-15-6-10-17(11-7-15)29-13-19(25)28-2/h4-12H,3,13H2,1-2H3,(H,23,26,30). The molecule has 0 atom stereocenters. The number of ether oxygens (including phenoxy) is 2. The second kappa shape index (κ2) is 9.32. The number of hydrogen-bond acceptors (Lipinski definition) is 6. The van der Waals surface area contributed by atoms with Crippen molar-refractivity contribution in [3.63, 3.8) is 0 Å². The van der Waals surface area contributed by atoms with E-state index in [0.717, 1.165) is 12.0 Å². The maximum absolute atomic E-state index is 13.0. The molecule has 8 heteroatoms. The molecule has 0 saturated carbocycles. The molecule has 1 aliphatic rings. The van der Waals surface area contributed by atoms with Crippen molar-refractivity contribution in [2.24, 2.45) is 0 Å². The number of thiocarbonyl (C=S) groups is 1. The average Bonchev–Trinajstić information content (AvgIpc) is 2.76. The van der Waals surface area contributed by atoms with Gasteiger partial charge in [0.15, 0.2) is 11.7 Å². The van der Waals surface area contributed by atoms with Crippen LogP contribution in [0.25, 0.3) is 6.08 Å². The van der Waals surface area contributed by atoms with Crippen LogP contribution in [0.5, 0.6) is 5.75 Å². The minimum absolute atomic E-state index is 0.0357. The number of nitrogens with one attached hydrogen (secondary N) is 1. The minimum Gasteiger partial charge on any atom is -0.482 e. The van der Waals surface area contributed by atoms with Gasteiger partial charge in [-0.1, -0.05) is 31.2 Å². The lowest BCUT2D eigenvalue weighted by molar-refractivity contribution is -0.143. The lowest BCUT2D eigenvalue weighted by Crippen LogP contribution is -2.54. The van der Waals surface area contributed by atoms with Crippen LogP contribution in [0.4, 0.5) is 5.69 Å².